The van der Waals surface area contributed by atoms with Crippen LogP contribution < -0.4 is 4.74 Å². The van der Waals surface area contributed by atoms with Gasteiger partial charge in [-0.2, -0.15) is 0 Å². The normalized spacial score (nSPS) is 9.61. The zero-order chi connectivity index (χ0) is 17.6. The molecule has 0 aliphatic rings. The molecule has 0 unspecified atom stereocenters. The molecule has 23 heavy (non-hydrogen) atoms. The minimum absolute atomic E-state index is 0.0671. The molecule has 2 aromatic carbocycles. The molecule has 0 aliphatic heterocycles. The molecule has 0 radical (unpaired) electrons. The number of hydrogen-bond acceptors (Lipinski definition) is 4. The molecule has 122 valence electrons. The summed E-state index contributed by atoms with van der Waals surface area (Å²) in [6, 6.07) is 7.27. The summed E-state index contributed by atoms with van der Waals surface area (Å²) >= 11 is 0. The van der Waals surface area contributed by atoms with Gasteiger partial charge in [0.1, 0.15) is 11.5 Å². The second kappa shape index (κ2) is 8.13. The number of benzene rings is 2. The predicted molar refractivity (Wildman–Crippen MR) is 90.8 cm³/mol. The van der Waals surface area contributed by atoms with E-state index in [1.165, 1.54) is 0 Å². The summed E-state index contributed by atoms with van der Waals surface area (Å²) < 4.78 is 5.07. The SMILES string of the molecule is COc1cc(C)cc(C)c1C=O.Cc1cc(C)c(C=O)c(O)c1. The van der Waals surface area contributed by atoms with E-state index in [1.54, 1.807) is 20.1 Å². The summed E-state index contributed by atoms with van der Waals surface area (Å²) in [6.07, 6.45) is 1.50. The van der Waals surface area contributed by atoms with Gasteiger partial charge in [-0.05, 0) is 62.1 Å². The van der Waals surface area contributed by atoms with Crippen LogP contribution in [0.4, 0.5) is 0 Å². The first-order chi connectivity index (χ1) is 10.8. The molecule has 2 aromatic rings. The summed E-state index contributed by atoms with van der Waals surface area (Å²) in [5.74, 6) is 0.722. The first kappa shape index (κ1) is 18.4. The van der Waals surface area contributed by atoms with Crippen LogP contribution in [-0.2, 0) is 0 Å². The zero-order valence-corrected chi connectivity index (χ0v) is 14.1. The summed E-state index contributed by atoms with van der Waals surface area (Å²) in [7, 11) is 1.57. The Labute approximate surface area is 136 Å². The van der Waals surface area contributed by atoms with Crippen molar-refractivity contribution in [3.05, 3.63) is 57.6 Å². The fraction of sp³-hybridized carbons (Fsp3) is 0.263. The molecule has 0 spiro atoms. The van der Waals surface area contributed by atoms with Crippen LogP contribution >= 0.6 is 0 Å². The molecule has 0 fully saturated rings. The Morgan fingerprint density at radius 3 is 1.74 bits per heavy atom. The average molecular weight is 314 g/mol. The molecule has 0 saturated carbocycles. The Kier molecular flexibility index (Phi) is 6.51. The minimum atomic E-state index is 0.0671. The smallest absolute Gasteiger partial charge is 0.154 e. The Balaban J connectivity index is 0.000000231. The van der Waals surface area contributed by atoms with Crippen LogP contribution in [0.1, 0.15) is 43.0 Å². The van der Waals surface area contributed by atoms with Crippen molar-refractivity contribution >= 4 is 12.6 Å². The van der Waals surface area contributed by atoms with Crippen LogP contribution in [0, 0.1) is 27.7 Å². The van der Waals surface area contributed by atoms with Gasteiger partial charge in [-0.15, -0.1) is 0 Å². The van der Waals surface area contributed by atoms with Crippen molar-refractivity contribution in [1.29, 1.82) is 0 Å². The summed E-state index contributed by atoms with van der Waals surface area (Å²) in [5, 5.41) is 9.24. The standard InChI is InChI=1S/C10H12O2.C9H10O2/c1-7-4-8(2)9(6-11)10(5-7)12-3;1-6-3-7(2)8(5-10)9(11)4-6/h4-6H,1-3H3;3-5,11H,1-2H3. The highest BCUT2D eigenvalue weighted by Gasteiger charge is 2.05. The Morgan fingerprint density at radius 1 is 0.826 bits per heavy atom. The van der Waals surface area contributed by atoms with Crippen molar-refractivity contribution in [2.75, 3.05) is 7.11 Å². The molecular weight excluding hydrogens is 292 g/mol. The van der Waals surface area contributed by atoms with Crippen LogP contribution in [0.3, 0.4) is 0 Å². The van der Waals surface area contributed by atoms with Gasteiger partial charge in [0.25, 0.3) is 0 Å². The maximum atomic E-state index is 10.6. The molecule has 0 saturated heterocycles. The van der Waals surface area contributed by atoms with E-state index in [0.29, 0.717) is 23.2 Å². The highest BCUT2D eigenvalue weighted by atomic mass is 16.5. The lowest BCUT2D eigenvalue weighted by Crippen LogP contribution is -1.94. The van der Waals surface area contributed by atoms with E-state index in [2.05, 4.69) is 0 Å². The van der Waals surface area contributed by atoms with Crippen molar-refractivity contribution in [2.45, 2.75) is 27.7 Å². The quantitative estimate of drug-likeness (QED) is 0.871. The molecule has 0 atom stereocenters. The number of ether oxygens (including phenoxy) is 1. The van der Waals surface area contributed by atoms with Crippen molar-refractivity contribution in [1.82, 2.24) is 0 Å². The van der Waals surface area contributed by atoms with E-state index in [-0.39, 0.29) is 5.75 Å². The molecule has 0 amide bonds. The lowest BCUT2D eigenvalue weighted by Gasteiger charge is -2.07. The highest BCUT2D eigenvalue weighted by Crippen LogP contribution is 2.22. The van der Waals surface area contributed by atoms with Gasteiger partial charge in [0.05, 0.1) is 18.2 Å². The molecule has 0 aliphatic carbocycles. The van der Waals surface area contributed by atoms with Crippen LogP contribution in [0.25, 0.3) is 0 Å². The number of hydrogen-bond donors (Lipinski definition) is 1. The van der Waals surface area contributed by atoms with Gasteiger partial charge >= 0.3 is 0 Å². The maximum absolute atomic E-state index is 10.6. The summed E-state index contributed by atoms with van der Waals surface area (Å²) in [6.45, 7) is 7.56. The topological polar surface area (TPSA) is 63.6 Å². The van der Waals surface area contributed by atoms with E-state index in [0.717, 1.165) is 28.5 Å². The van der Waals surface area contributed by atoms with E-state index in [1.807, 2.05) is 39.0 Å². The molecule has 4 nitrogen and oxygen atoms in total. The van der Waals surface area contributed by atoms with Crippen molar-refractivity contribution < 1.29 is 19.4 Å². The molecule has 0 aromatic heterocycles. The third-order valence-corrected chi connectivity index (χ3v) is 3.46. The van der Waals surface area contributed by atoms with Crippen molar-refractivity contribution in [3.63, 3.8) is 0 Å². The Morgan fingerprint density at radius 2 is 1.30 bits per heavy atom. The van der Waals surface area contributed by atoms with E-state index < -0.39 is 0 Å². The van der Waals surface area contributed by atoms with Crippen molar-refractivity contribution in [2.24, 2.45) is 0 Å². The molecule has 0 heterocycles. The van der Waals surface area contributed by atoms with Gasteiger partial charge in [0.15, 0.2) is 12.6 Å². The van der Waals surface area contributed by atoms with Crippen LogP contribution in [-0.4, -0.2) is 24.8 Å². The van der Waals surface area contributed by atoms with Gasteiger partial charge in [0, 0.05) is 0 Å². The number of rotatable bonds is 3. The number of methoxy groups -OCH3 is 1. The van der Waals surface area contributed by atoms with Crippen LogP contribution in [0.2, 0.25) is 0 Å². The lowest BCUT2D eigenvalue weighted by atomic mass is 10.1. The number of carbonyl (C=O) groups is 2. The highest BCUT2D eigenvalue weighted by molar-refractivity contribution is 5.82. The number of phenols is 1. The number of aryl methyl sites for hydroxylation is 4. The van der Waals surface area contributed by atoms with Crippen molar-refractivity contribution in [3.8, 4) is 11.5 Å². The molecule has 1 N–H and O–H groups in total. The number of carbonyl (C=O) groups excluding carboxylic acids is 2. The van der Waals surface area contributed by atoms with Gasteiger partial charge in [-0.1, -0.05) is 12.1 Å². The zero-order valence-electron chi connectivity index (χ0n) is 14.1. The number of aldehydes is 2. The van der Waals surface area contributed by atoms with E-state index >= 15 is 0 Å². The van der Waals surface area contributed by atoms with Gasteiger partial charge in [0.2, 0.25) is 0 Å². The van der Waals surface area contributed by atoms with Gasteiger partial charge < -0.3 is 9.84 Å². The second-order valence-electron chi connectivity index (χ2n) is 5.45. The first-order valence-corrected chi connectivity index (χ1v) is 7.19. The van der Waals surface area contributed by atoms with Gasteiger partial charge in [-0.25, -0.2) is 0 Å². The first-order valence-electron chi connectivity index (χ1n) is 7.19. The van der Waals surface area contributed by atoms with Crippen LogP contribution in [0.15, 0.2) is 24.3 Å². The fourth-order valence-electron chi connectivity index (χ4n) is 2.37. The van der Waals surface area contributed by atoms with Gasteiger partial charge in [-0.3, -0.25) is 9.59 Å². The molecular formula is C19H22O4. The third-order valence-electron chi connectivity index (χ3n) is 3.46. The summed E-state index contributed by atoms with van der Waals surface area (Å²) in [4.78, 5) is 21.0. The Bertz CT molecular complexity index is 695. The predicted octanol–water partition coefficient (Wildman–Crippen LogP) is 3.95. The summed E-state index contributed by atoms with van der Waals surface area (Å²) in [5.41, 5.74) is 4.87. The molecule has 2 rings (SSSR count). The van der Waals surface area contributed by atoms with E-state index in [9.17, 15) is 14.7 Å². The molecule has 0 bridgehead atoms. The minimum Gasteiger partial charge on any atom is -0.507 e. The largest absolute Gasteiger partial charge is 0.507 e. The van der Waals surface area contributed by atoms with E-state index in [4.69, 9.17) is 4.74 Å². The number of phenolic OH excluding ortho intramolecular Hbond substituents is 1. The monoisotopic (exact) mass is 314 g/mol. The lowest BCUT2D eigenvalue weighted by molar-refractivity contribution is 0.111. The number of aromatic hydroxyl groups is 1. The third kappa shape index (κ3) is 4.68. The Hall–Kier alpha value is -2.62. The molecule has 4 heteroatoms. The second-order valence-corrected chi connectivity index (χ2v) is 5.45. The fourth-order valence-corrected chi connectivity index (χ4v) is 2.37. The average Bonchev–Trinajstić information content (AvgIpc) is 2.46. The van der Waals surface area contributed by atoms with Crippen LogP contribution in [0.5, 0.6) is 11.5 Å². The maximum Gasteiger partial charge on any atom is 0.154 e.